The summed E-state index contributed by atoms with van der Waals surface area (Å²) in [5, 5.41) is 3.49. The number of aromatic nitrogens is 1. The Balaban J connectivity index is 2.06. The van der Waals surface area contributed by atoms with Crippen molar-refractivity contribution in [2.75, 3.05) is 23.0 Å². The van der Waals surface area contributed by atoms with E-state index in [1.807, 2.05) is 18.0 Å². The van der Waals surface area contributed by atoms with E-state index in [0.717, 1.165) is 18.8 Å². The molecule has 1 aliphatic heterocycles. The van der Waals surface area contributed by atoms with E-state index in [2.05, 4.69) is 55.0 Å². The van der Waals surface area contributed by atoms with Gasteiger partial charge in [0.05, 0.1) is 5.69 Å². The molecule has 0 aromatic carbocycles. The molecule has 0 bridgehead atoms. The number of anilines is 1. The molecule has 19 heavy (non-hydrogen) atoms. The fourth-order valence-electron chi connectivity index (χ4n) is 2.21. The molecule has 0 amide bonds. The lowest BCUT2D eigenvalue weighted by Crippen LogP contribution is -2.40. The molecular formula is C15H25N3S. The summed E-state index contributed by atoms with van der Waals surface area (Å²) in [6.45, 7) is 10.8. The van der Waals surface area contributed by atoms with E-state index in [4.69, 9.17) is 0 Å². The Bertz CT molecular complexity index is 414. The van der Waals surface area contributed by atoms with Crippen LogP contribution in [0.3, 0.4) is 0 Å². The van der Waals surface area contributed by atoms with Gasteiger partial charge in [0.1, 0.15) is 0 Å². The second-order valence-corrected chi connectivity index (χ2v) is 7.38. The quantitative estimate of drug-likeness (QED) is 0.921. The largest absolute Gasteiger partial charge is 0.367 e. The van der Waals surface area contributed by atoms with E-state index in [0.29, 0.717) is 6.04 Å². The fraction of sp³-hybridized carbons (Fsp3) is 0.667. The molecule has 3 nitrogen and oxygen atoms in total. The van der Waals surface area contributed by atoms with E-state index in [1.165, 1.54) is 17.2 Å². The van der Waals surface area contributed by atoms with Crippen LogP contribution in [-0.2, 0) is 6.54 Å². The van der Waals surface area contributed by atoms with Gasteiger partial charge in [-0.2, -0.15) is 11.8 Å². The Labute approximate surface area is 121 Å². The minimum Gasteiger partial charge on any atom is -0.367 e. The van der Waals surface area contributed by atoms with Crippen LogP contribution in [0.4, 0.5) is 5.69 Å². The molecule has 1 atom stereocenters. The highest BCUT2D eigenvalue weighted by Gasteiger charge is 2.19. The highest BCUT2D eigenvalue weighted by molar-refractivity contribution is 7.99. The van der Waals surface area contributed by atoms with Crippen LogP contribution in [-0.4, -0.2) is 34.6 Å². The Morgan fingerprint density at radius 1 is 1.47 bits per heavy atom. The van der Waals surface area contributed by atoms with Gasteiger partial charge in [-0.25, -0.2) is 0 Å². The molecule has 2 heterocycles. The lowest BCUT2D eigenvalue weighted by molar-refractivity contribution is 0.421. The van der Waals surface area contributed by atoms with Crippen molar-refractivity contribution in [3.05, 3.63) is 24.0 Å². The van der Waals surface area contributed by atoms with Crippen molar-refractivity contribution in [3.8, 4) is 0 Å². The zero-order valence-corrected chi connectivity index (χ0v) is 13.3. The zero-order valence-electron chi connectivity index (χ0n) is 12.4. The molecule has 0 saturated carbocycles. The maximum absolute atomic E-state index is 4.47. The first kappa shape index (κ1) is 14.7. The Morgan fingerprint density at radius 2 is 2.26 bits per heavy atom. The standard InChI is InChI=1S/C15H25N3S/c1-12-11-19-8-7-18(12)14-5-6-16-13(9-14)10-17-15(2,3)4/h5-6,9,12,17H,7-8,10-11H2,1-4H3. The first-order chi connectivity index (χ1) is 8.96. The molecule has 1 N–H and O–H groups in total. The van der Waals surface area contributed by atoms with Gasteiger partial charge in [0.15, 0.2) is 0 Å². The zero-order chi connectivity index (χ0) is 13.9. The third-order valence-electron chi connectivity index (χ3n) is 3.30. The predicted molar refractivity (Wildman–Crippen MR) is 85.0 cm³/mol. The van der Waals surface area contributed by atoms with Gasteiger partial charge in [-0.15, -0.1) is 0 Å². The van der Waals surface area contributed by atoms with Gasteiger partial charge in [0, 0.05) is 48.1 Å². The third kappa shape index (κ3) is 4.39. The molecule has 0 spiro atoms. The van der Waals surface area contributed by atoms with Crippen LogP contribution >= 0.6 is 11.8 Å². The van der Waals surface area contributed by atoms with Crippen LogP contribution in [0.5, 0.6) is 0 Å². The first-order valence-corrected chi connectivity index (χ1v) is 8.15. The number of hydrogen-bond acceptors (Lipinski definition) is 4. The van der Waals surface area contributed by atoms with Gasteiger partial charge >= 0.3 is 0 Å². The average molecular weight is 279 g/mol. The molecule has 1 aromatic heterocycles. The second kappa shape index (κ2) is 6.14. The Morgan fingerprint density at radius 3 is 2.95 bits per heavy atom. The van der Waals surface area contributed by atoms with Crippen molar-refractivity contribution >= 4 is 17.4 Å². The van der Waals surface area contributed by atoms with E-state index in [1.54, 1.807) is 0 Å². The smallest absolute Gasteiger partial charge is 0.0562 e. The van der Waals surface area contributed by atoms with Crippen molar-refractivity contribution in [3.63, 3.8) is 0 Å². The summed E-state index contributed by atoms with van der Waals surface area (Å²) in [6.07, 6.45) is 1.93. The van der Waals surface area contributed by atoms with E-state index < -0.39 is 0 Å². The monoisotopic (exact) mass is 279 g/mol. The van der Waals surface area contributed by atoms with Crippen LogP contribution in [0.25, 0.3) is 0 Å². The molecule has 1 aromatic rings. The summed E-state index contributed by atoms with van der Waals surface area (Å²) in [4.78, 5) is 6.97. The molecule has 4 heteroatoms. The number of nitrogens with one attached hydrogen (secondary N) is 1. The molecule has 0 radical (unpaired) electrons. The van der Waals surface area contributed by atoms with Crippen molar-refractivity contribution in [2.45, 2.75) is 45.8 Å². The highest BCUT2D eigenvalue weighted by Crippen LogP contribution is 2.24. The van der Waals surface area contributed by atoms with Crippen molar-refractivity contribution in [1.29, 1.82) is 0 Å². The van der Waals surface area contributed by atoms with Gasteiger partial charge < -0.3 is 10.2 Å². The fourth-order valence-corrected chi connectivity index (χ4v) is 3.22. The molecule has 1 fully saturated rings. The summed E-state index contributed by atoms with van der Waals surface area (Å²) < 4.78 is 0. The molecule has 0 aliphatic carbocycles. The van der Waals surface area contributed by atoms with Crippen LogP contribution < -0.4 is 10.2 Å². The number of thioether (sulfide) groups is 1. The average Bonchev–Trinajstić information content (AvgIpc) is 2.36. The summed E-state index contributed by atoms with van der Waals surface area (Å²) in [6, 6.07) is 4.97. The van der Waals surface area contributed by atoms with E-state index in [-0.39, 0.29) is 5.54 Å². The van der Waals surface area contributed by atoms with Crippen molar-refractivity contribution in [1.82, 2.24) is 10.3 Å². The number of nitrogens with zero attached hydrogens (tertiary/aromatic N) is 2. The minimum absolute atomic E-state index is 0.132. The summed E-state index contributed by atoms with van der Waals surface area (Å²) in [5.74, 6) is 2.44. The normalized spacial score (nSPS) is 20.6. The minimum atomic E-state index is 0.132. The first-order valence-electron chi connectivity index (χ1n) is 7.00. The van der Waals surface area contributed by atoms with Crippen LogP contribution in [0.1, 0.15) is 33.4 Å². The predicted octanol–water partition coefficient (Wildman–Crippen LogP) is 2.91. The van der Waals surface area contributed by atoms with Gasteiger partial charge in [0.2, 0.25) is 0 Å². The van der Waals surface area contributed by atoms with E-state index in [9.17, 15) is 0 Å². The molecule has 106 valence electrons. The maximum Gasteiger partial charge on any atom is 0.0562 e. The van der Waals surface area contributed by atoms with Crippen molar-refractivity contribution in [2.24, 2.45) is 0 Å². The summed E-state index contributed by atoms with van der Waals surface area (Å²) >= 11 is 2.05. The van der Waals surface area contributed by atoms with Crippen LogP contribution in [0.2, 0.25) is 0 Å². The second-order valence-electron chi connectivity index (χ2n) is 6.23. The number of rotatable bonds is 3. The Hall–Kier alpha value is -0.740. The van der Waals surface area contributed by atoms with Crippen LogP contribution in [0.15, 0.2) is 18.3 Å². The van der Waals surface area contributed by atoms with Crippen molar-refractivity contribution < 1.29 is 0 Å². The third-order valence-corrected chi connectivity index (χ3v) is 4.49. The molecular weight excluding hydrogens is 254 g/mol. The van der Waals surface area contributed by atoms with Gasteiger partial charge in [-0.05, 0) is 39.8 Å². The lowest BCUT2D eigenvalue weighted by Gasteiger charge is -2.35. The highest BCUT2D eigenvalue weighted by atomic mass is 32.2. The van der Waals surface area contributed by atoms with Gasteiger partial charge in [-0.1, -0.05) is 0 Å². The molecule has 1 unspecified atom stereocenters. The van der Waals surface area contributed by atoms with Gasteiger partial charge in [0.25, 0.3) is 0 Å². The lowest BCUT2D eigenvalue weighted by atomic mass is 10.1. The number of hydrogen-bond donors (Lipinski definition) is 1. The summed E-state index contributed by atoms with van der Waals surface area (Å²) in [5.41, 5.74) is 2.57. The maximum atomic E-state index is 4.47. The summed E-state index contributed by atoms with van der Waals surface area (Å²) in [7, 11) is 0. The molecule has 1 aliphatic rings. The molecule has 2 rings (SSSR count). The number of pyridine rings is 1. The van der Waals surface area contributed by atoms with Gasteiger partial charge in [-0.3, -0.25) is 4.98 Å². The Kier molecular flexibility index (Phi) is 4.74. The topological polar surface area (TPSA) is 28.2 Å². The van der Waals surface area contributed by atoms with E-state index >= 15 is 0 Å². The van der Waals surface area contributed by atoms with Crippen LogP contribution in [0, 0.1) is 0 Å². The molecule has 1 saturated heterocycles. The SMILES string of the molecule is CC1CSCCN1c1ccnc(CNC(C)(C)C)c1.